The van der Waals surface area contributed by atoms with Crippen LogP contribution in [0.5, 0.6) is 0 Å². The minimum absolute atomic E-state index is 0.190. The summed E-state index contributed by atoms with van der Waals surface area (Å²) in [6.07, 6.45) is 3.66. The maximum atomic E-state index is 13.0. The average Bonchev–Trinajstić information content (AvgIpc) is 2.80. The Morgan fingerprint density at radius 2 is 2.15 bits per heavy atom. The molecule has 0 radical (unpaired) electrons. The number of fused-ring (bicyclic) bond motifs is 1. The third-order valence-electron chi connectivity index (χ3n) is 4.60. The molecule has 0 aliphatic carbocycles. The van der Waals surface area contributed by atoms with E-state index in [9.17, 15) is 8.78 Å². The fourth-order valence-corrected chi connectivity index (χ4v) is 3.13. The largest absolute Gasteiger partial charge is 0.385 e. The van der Waals surface area contributed by atoms with E-state index in [0.29, 0.717) is 5.69 Å². The van der Waals surface area contributed by atoms with Crippen molar-refractivity contribution in [3.8, 4) is 0 Å². The predicted molar refractivity (Wildman–Crippen MR) is 106 cm³/mol. The Bertz CT molecular complexity index is 884. The first-order valence-corrected chi connectivity index (χ1v) is 8.96. The summed E-state index contributed by atoms with van der Waals surface area (Å²) >= 11 is 0. The first-order valence-electron chi connectivity index (χ1n) is 8.96. The van der Waals surface area contributed by atoms with Gasteiger partial charge in [0, 0.05) is 36.5 Å². The van der Waals surface area contributed by atoms with Crippen LogP contribution in [-0.4, -0.2) is 29.0 Å². The number of hydrogen-bond acceptors (Lipinski definition) is 4. The van der Waals surface area contributed by atoms with Crippen LogP contribution in [-0.2, 0) is 6.42 Å². The minimum atomic E-state index is -2.82. The molecule has 1 aromatic carbocycles. The monoisotopic (exact) mass is 370 g/mol. The number of nitrogens with zero attached hydrogens (tertiary/aromatic N) is 2. The molecule has 142 valence electrons. The highest BCUT2D eigenvalue weighted by molar-refractivity contribution is 5.80. The number of halogens is 2. The summed E-state index contributed by atoms with van der Waals surface area (Å²) in [5.74, 6) is -2.63. The van der Waals surface area contributed by atoms with E-state index in [1.807, 2.05) is 13.0 Å². The van der Waals surface area contributed by atoms with Crippen molar-refractivity contribution in [3.05, 3.63) is 65.5 Å². The number of nitrogens with one attached hydrogen (secondary N) is 2. The zero-order valence-corrected chi connectivity index (χ0v) is 15.7. The lowest BCUT2D eigenvalue weighted by Gasteiger charge is -2.15. The first-order chi connectivity index (χ1) is 12.7. The number of anilines is 1. The Hall–Kier alpha value is -2.76. The molecule has 2 aromatic rings. The molecule has 27 heavy (non-hydrogen) atoms. The fraction of sp³-hybridized carbons (Fsp3) is 0.333. The smallest absolute Gasteiger partial charge is 0.262 e. The van der Waals surface area contributed by atoms with Crippen molar-refractivity contribution in [2.45, 2.75) is 32.6 Å². The van der Waals surface area contributed by atoms with Gasteiger partial charge in [0.2, 0.25) is 5.95 Å². The number of alkyl halides is 2. The van der Waals surface area contributed by atoms with Crippen molar-refractivity contribution < 1.29 is 8.78 Å². The number of aromatic nitrogens is 2. The van der Waals surface area contributed by atoms with E-state index < -0.39 is 12.5 Å². The maximum Gasteiger partial charge on any atom is 0.262 e. The summed E-state index contributed by atoms with van der Waals surface area (Å²) in [7, 11) is 0. The van der Waals surface area contributed by atoms with Gasteiger partial charge in [-0.1, -0.05) is 31.4 Å². The van der Waals surface area contributed by atoms with Gasteiger partial charge in [0.25, 0.3) is 5.92 Å². The molecule has 3 rings (SSSR count). The number of hydrogen-bond donors (Lipinski definition) is 2. The third kappa shape index (κ3) is 4.51. The Balaban J connectivity index is 1.83. The lowest BCUT2D eigenvalue weighted by atomic mass is 9.93. The Morgan fingerprint density at radius 1 is 1.37 bits per heavy atom. The second-order valence-electron chi connectivity index (χ2n) is 6.98. The van der Waals surface area contributed by atoms with Gasteiger partial charge in [-0.15, -0.1) is 0 Å². The van der Waals surface area contributed by atoms with Crippen LogP contribution in [0, 0.1) is 6.92 Å². The Labute approximate surface area is 158 Å². The molecule has 0 bridgehead atoms. The van der Waals surface area contributed by atoms with Gasteiger partial charge in [0.05, 0.1) is 12.2 Å². The second-order valence-corrected chi connectivity index (χ2v) is 6.98. The van der Waals surface area contributed by atoms with Crippen molar-refractivity contribution in [2.75, 3.05) is 18.4 Å². The highest BCUT2D eigenvalue weighted by Crippen LogP contribution is 2.29. The molecule has 1 aliphatic heterocycles. The molecule has 0 saturated carbocycles. The molecular weight excluding hydrogens is 346 g/mol. The summed E-state index contributed by atoms with van der Waals surface area (Å²) < 4.78 is 26.0. The Kier molecular flexibility index (Phi) is 5.26. The molecule has 0 atom stereocenters. The molecule has 4 nitrogen and oxygen atoms in total. The van der Waals surface area contributed by atoms with E-state index >= 15 is 0 Å². The van der Waals surface area contributed by atoms with E-state index in [-0.39, 0.29) is 5.95 Å². The molecule has 0 saturated heterocycles. The molecule has 2 N–H and O–H groups in total. The van der Waals surface area contributed by atoms with Gasteiger partial charge < -0.3 is 10.6 Å². The summed E-state index contributed by atoms with van der Waals surface area (Å²) in [5, 5.41) is 5.89. The van der Waals surface area contributed by atoms with Gasteiger partial charge in [-0.05, 0) is 36.5 Å². The topological polar surface area (TPSA) is 49.8 Å². The lowest BCUT2D eigenvalue weighted by Crippen LogP contribution is -2.24. The van der Waals surface area contributed by atoms with Crippen LogP contribution in [0.15, 0.2) is 37.6 Å². The van der Waals surface area contributed by atoms with Crippen LogP contribution >= 0.6 is 0 Å². The quantitative estimate of drug-likeness (QED) is 0.818. The molecule has 0 amide bonds. The van der Waals surface area contributed by atoms with E-state index in [4.69, 9.17) is 0 Å². The van der Waals surface area contributed by atoms with Crippen LogP contribution in [0.25, 0.3) is 11.3 Å². The molecule has 0 spiro atoms. The summed E-state index contributed by atoms with van der Waals surface area (Å²) in [5.41, 5.74) is 6.62. The maximum absolute atomic E-state index is 13.0. The van der Waals surface area contributed by atoms with Crippen molar-refractivity contribution in [1.82, 2.24) is 15.3 Å². The molecule has 1 aromatic heterocycles. The van der Waals surface area contributed by atoms with E-state index in [1.54, 1.807) is 6.20 Å². The van der Waals surface area contributed by atoms with Crippen LogP contribution in [0.2, 0.25) is 0 Å². The first kappa shape index (κ1) is 19.0. The zero-order chi connectivity index (χ0) is 19.6. The van der Waals surface area contributed by atoms with E-state index in [2.05, 4.69) is 45.9 Å². The number of aryl methyl sites for hydroxylation is 2. The van der Waals surface area contributed by atoms with Gasteiger partial charge in [-0.25, -0.2) is 18.7 Å². The highest BCUT2D eigenvalue weighted by Gasteiger charge is 2.21. The van der Waals surface area contributed by atoms with E-state index in [1.165, 1.54) is 5.56 Å². The standard InChI is InChI=1S/C21H24F2N4/c1-13(16-7-8-18-14(2)24-9-5-6-17(18)10-16)19-11-25-20(27-15(19)3)26-12-21(4,22)23/h7-8,10-11,24H,1-2,5-6,9,12H2,3-4H3,(H,25,26,27). The van der Waals surface area contributed by atoms with Crippen LogP contribution in [0.1, 0.15) is 41.3 Å². The normalized spacial score (nSPS) is 14.1. The minimum Gasteiger partial charge on any atom is -0.385 e. The molecule has 0 unspecified atom stereocenters. The van der Waals surface area contributed by atoms with Crippen molar-refractivity contribution in [1.29, 1.82) is 0 Å². The third-order valence-corrected chi connectivity index (χ3v) is 4.60. The number of rotatable bonds is 5. The van der Waals surface area contributed by atoms with Gasteiger partial charge in [-0.2, -0.15) is 0 Å². The lowest BCUT2D eigenvalue weighted by molar-refractivity contribution is 0.0366. The van der Waals surface area contributed by atoms with Gasteiger partial charge in [0.1, 0.15) is 0 Å². The van der Waals surface area contributed by atoms with Crippen LogP contribution in [0.4, 0.5) is 14.7 Å². The molecule has 0 fully saturated rings. The van der Waals surface area contributed by atoms with Crippen LogP contribution in [0.3, 0.4) is 0 Å². The molecule has 6 heteroatoms. The zero-order valence-electron chi connectivity index (χ0n) is 15.7. The number of benzene rings is 1. The highest BCUT2D eigenvalue weighted by atomic mass is 19.3. The van der Waals surface area contributed by atoms with Crippen molar-refractivity contribution in [2.24, 2.45) is 0 Å². The van der Waals surface area contributed by atoms with Gasteiger partial charge in [-0.3, -0.25) is 0 Å². The van der Waals surface area contributed by atoms with Gasteiger partial charge in [0.15, 0.2) is 0 Å². The van der Waals surface area contributed by atoms with Crippen molar-refractivity contribution >= 4 is 17.2 Å². The Morgan fingerprint density at radius 3 is 2.85 bits per heavy atom. The average molecular weight is 370 g/mol. The molecule has 1 aliphatic rings. The predicted octanol–water partition coefficient (Wildman–Crippen LogP) is 4.42. The molecular formula is C21H24F2N4. The van der Waals surface area contributed by atoms with Crippen molar-refractivity contribution in [3.63, 3.8) is 0 Å². The second kappa shape index (κ2) is 7.47. The molecule has 2 heterocycles. The van der Waals surface area contributed by atoms with E-state index in [0.717, 1.165) is 54.3 Å². The summed E-state index contributed by atoms with van der Waals surface area (Å²) in [4.78, 5) is 8.46. The summed E-state index contributed by atoms with van der Waals surface area (Å²) in [6.45, 7) is 11.4. The summed E-state index contributed by atoms with van der Waals surface area (Å²) in [6, 6.07) is 6.22. The van der Waals surface area contributed by atoms with Gasteiger partial charge >= 0.3 is 0 Å². The van der Waals surface area contributed by atoms with Crippen LogP contribution < -0.4 is 10.6 Å². The SMILES string of the molecule is C=C1NCCCc2cc(C(=C)c3cnc(NCC(C)(F)F)nc3C)ccc21. The fourth-order valence-electron chi connectivity index (χ4n) is 3.13.